The van der Waals surface area contributed by atoms with Crippen LogP contribution in [0.5, 0.6) is 0 Å². The number of hydrogen-bond acceptors (Lipinski definition) is 4. The number of anilines is 1. The highest BCUT2D eigenvalue weighted by atomic mass is 32.2. The van der Waals surface area contributed by atoms with E-state index in [4.69, 9.17) is 0 Å². The fourth-order valence-corrected chi connectivity index (χ4v) is 5.12. The summed E-state index contributed by atoms with van der Waals surface area (Å²) < 4.78 is 53.8. The number of hydrogen-bond donors (Lipinski definition) is 1. The lowest BCUT2D eigenvalue weighted by Crippen LogP contribution is -2.48. The largest absolute Gasteiger partial charge is 0.319 e. The Balaban J connectivity index is 1.32. The molecule has 0 unspecified atom stereocenters. The molecular formula is C24H23F2N3O3S. The zero-order valence-corrected chi connectivity index (χ0v) is 18.6. The van der Waals surface area contributed by atoms with Gasteiger partial charge < -0.3 is 5.32 Å². The minimum atomic E-state index is -3.49. The lowest BCUT2D eigenvalue weighted by Gasteiger charge is -2.34. The summed E-state index contributed by atoms with van der Waals surface area (Å²) in [7, 11) is -3.49. The molecule has 172 valence electrons. The number of rotatable bonds is 6. The molecule has 1 N–H and O–H groups in total. The van der Waals surface area contributed by atoms with Gasteiger partial charge in [0.2, 0.25) is 10.0 Å². The Labute approximate surface area is 191 Å². The summed E-state index contributed by atoms with van der Waals surface area (Å²) in [5.74, 6) is -2.05. The second-order valence-corrected chi connectivity index (χ2v) is 9.71. The topological polar surface area (TPSA) is 69.7 Å². The molecule has 1 aliphatic rings. The van der Waals surface area contributed by atoms with Gasteiger partial charge in [-0.05, 0) is 42.0 Å². The Hall–Kier alpha value is -3.14. The number of carbonyl (C=O) groups is 1. The highest BCUT2D eigenvalue weighted by Gasteiger charge is 2.28. The molecule has 0 spiro atoms. The third kappa shape index (κ3) is 5.44. The summed E-state index contributed by atoms with van der Waals surface area (Å²) in [6, 6.07) is 18.3. The molecule has 1 aliphatic heterocycles. The van der Waals surface area contributed by atoms with E-state index in [-0.39, 0.29) is 5.69 Å². The van der Waals surface area contributed by atoms with E-state index < -0.39 is 27.6 Å². The molecule has 6 nitrogen and oxygen atoms in total. The molecule has 0 saturated carbocycles. The number of nitrogens with zero attached hydrogens (tertiary/aromatic N) is 2. The third-order valence-electron chi connectivity index (χ3n) is 5.51. The number of sulfonamides is 1. The van der Waals surface area contributed by atoms with Gasteiger partial charge in [0.25, 0.3) is 5.91 Å². The number of amides is 1. The van der Waals surface area contributed by atoms with Crippen molar-refractivity contribution in [3.63, 3.8) is 0 Å². The normalized spacial score (nSPS) is 15.3. The van der Waals surface area contributed by atoms with E-state index in [0.29, 0.717) is 49.2 Å². The maximum absolute atomic E-state index is 13.7. The number of nitrogens with one attached hydrogen (secondary N) is 1. The van der Waals surface area contributed by atoms with Crippen LogP contribution in [0.15, 0.2) is 77.7 Å². The van der Waals surface area contributed by atoms with Gasteiger partial charge in [-0.3, -0.25) is 9.69 Å². The molecule has 1 heterocycles. The molecule has 0 bridgehead atoms. The van der Waals surface area contributed by atoms with Crippen LogP contribution in [0.2, 0.25) is 0 Å². The van der Waals surface area contributed by atoms with Gasteiger partial charge >= 0.3 is 0 Å². The van der Waals surface area contributed by atoms with Gasteiger partial charge in [-0.2, -0.15) is 4.31 Å². The van der Waals surface area contributed by atoms with Gasteiger partial charge in [0.1, 0.15) is 11.6 Å². The van der Waals surface area contributed by atoms with Crippen LogP contribution in [-0.2, 0) is 16.6 Å². The van der Waals surface area contributed by atoms with Crippen molar-refractivity contribution in [1.29, 1.82) is 0 Å². The first-order valence-electron chi connectivity index (χ1n) is 10.5. The molecule has 33 heavy (non-hydrogen) atoms. The van der Waals surface area contributed by atoms with Crippen LogP contribution in [-0.4, -0.2) is 49.7 Å². The van der Waals surface area contributed by atoms with Gasteiger partial charge in [0.05, 0.1) is 10.6 Å². The summed E-state index contributed by atoms with van der Waals surface area (Å²) in [5, 5.41) is 2.43. The van der Waals surface area contributed by atoms with Gasteiger partial charge in [-0.1, -0.05) is 30.3 Å². The van der Waals surface area contributed by atoms with Gasteiger partial charge in [-0.25, -0.2) is 17.2 Å². The van der Waals surface area contributed by atoms with Crippen LogP contribution in [0, 0.1) is 11.6 Å². The minimum Gasteiger partial charge on any atom is -0.319 e. The van der Waals surface area contributed by atoms with Crippen molar-refractivity contribution in [3.8, 4) is 0 Å². The summed E-state index contributed by atoms with van der Waals surface area (Å²) in [6.07, 6.45) is 0. The zero-order valence-electron chi connectivity index (χ0n) is 17.7. The van der Waals surface area contributed by atoms with Crippen molar-refractivity contribution in [2.45, 2.75) is 11.4 Å². The average Bonchev–Trinajstić information content (AvgIpc) is 2.82. The van der Waals surface area contributed by atoms with Crippen molar-refractivity contribution in [2.24, 2.45) is 0 Å². The monoisotopic (exact) mass is 471 g/mol. The first-order chi connectivity index (χ1) is 15.8. The Morgan fingerprint density at radius 3 is 2.18 bits per heavy atom. The van der Waals surface area contributed by atoms with Gasteiger partial charge in [-0.15, -0.1) is 0 Å². The highest BCUT2D eigenvalue weighted by molar-refractivity contribution is 7.89. The maximum atomic E-state index is 13.7. The Kier molecular flexibility index (Phi) is 6.83. The standard InChI is InChI=1S/C24H23F2N3O3S/c25-20-10-11-23(22(26)16-20)27-24(30)19-8-6-18(7-9-19)17-28-12-14-29(15-13-28)33(31,32)21-4-2-1-3-5-21/h1-11,16H,12-15,17H2,(H,27,30). The molecule has 4 rings (SSSR count). The molecule has 3 aromatic carbocycles. The number of carbonyl (C=O) groups excluding carboxylic acids is 1. The van der Waals surface area contributed by atoms with Crippen LogP contribution in [0.25, 0.3) is 0 Å². The fraction of sp³-hybridized carbons (Fsp3) is 0.208. The van der Waals surface area contributed by atoms with Crippen LogP contribution < -0.4 is 5.32 Å². The number of halogens is 2. The van der Waals surface area contributed by atoms with Crippen molar-refractivity contribution in [2.75, 3.05) is 31.5 Å². The quantitative estimate of drug-likeness (QED) is 0.595. The zero-order chi connectivity index (χ0) is 23.4. The fourth-order valence-electron chi connectivity index (χ4n) is 3.67. The Morgan fingerprint density at radius 1 is 0.879 bits per heavy atom. The van der Waals surface area contributed by atoms with Crippen molar-refractivity contribution in [3.05, 3.63) is 95.6 Å². The van der Waals surface area contributed by atoms with E-state index in [1.54, 1.807) is 42.5 Å². The molecule has 9 heteroatoms. The van der Waals surface area contributed by atoms with Crippen LogP contribution in [0.3, 0.4) is 0 Å². The van der Waals surface area contributed by atoms with E-state index in [1.165, 1.54) is 10.4 Å². The van der Waals surface area contributed by atoms with Crippen molar-refractivity contribution in [1.82, 2.24) is 9.21 Å². The molecule has 0 atom stereocenters. The molecule has 0 aliphatic carbocycles. The van der Waals surface area contributed by atoms with E-state index >= 15 is 0 Å². The average molecular weight is 472 g/mol. The minimum absolute atomic E-state index is 0.0891. The second-order valence-electron chi connectivity index (χ2n) is 7.77. The molecule has 1 fully saturated rings. The maximum Gasteiger partial charge on any atom is 0.255 e. The summed E-state index contributed by atoms with van der Waals surface area (Å²) in [6.45, 7) is 2.62. The lowest BCUT2D eigenvalue weighted by molar-refractivity contribution is 0.102. The van der Waals surface area contributed by atoms with Crippen molar-refractivity contribution < 1.29 is 22.0 Å². The van der Waals surface area contributed by atoms with Crippen LogP contribution in [0.4, 0.5) is 14.5 Å². The Bertz CT molecular complexity index is 1230. The third-order valence-corrected chi connectivity index (χ3v) is 7.43. The Morgan fingerprint density at radius 2 is 1.55 bits per heavy atom. The van der Waals surface area contributed by atoms with Crippen LogP contribution >= 0.6 is 0 Å². The highest BCUT2D eigenvalue weighted by Crippen LogP contribution is 2.19. The predicted octanol–water partition coefficient (Wildman–Crippen LogP) is 3.72. The molecule has 1 amide bonds. The van der Waals surface area contributed by atoms with Crippen molar-refractivity contribution >= 4 is 21.6 Å². The van der Waals surface area contributed by atoms with Gasteiger partial charge in [0.15, 0.2) is 0 Å². The smallest absolute Gasteiger partial charge is 0.255 e. The predicted molar refractivity (Wildman–Crippen MR) is 121 cm³/mol. The van der Waals surface area contributed by atoms with Gasteiger partial charge in [0, 0.05) is 44.4 Å². The van der Waals surface area contributed by atoms with E-state index in [9.17, 15) is 22.0 Å². The second kappa shape index (κ2) is 9.78. The van der Waals surface area contributed by atoms with E-state index in [0.717, 1.165) is 11.6 Å². The van der Waals surface area contributed by atoms with E-state index in [2.05, 4.69) is 10.2 Å². The molecular weight excluding hydrogens is 448 g/mol. The number of piperazine rings is 1. The summed E-state index contributed by atoms with van der Waals surface area (Å²) in [5.41, 5.74) is 1.23. The SMILES string of the molecule is O=C(Nc1ccc(F)cc1F)c1ccc(CN2CCN(S(=O)(=O)c3ccccc3)CC2)cc1. The molecule has 3 aromatic rings. The summed E-state index contributed by atoms with van der Waals surface area (Å²) in [4.78, 5) is 14.8. The first kappa shape index (κ1) is 23.0. The first-order valence-corrected chi connectivity index (χ1v) is 11.9. The van der Waals surface area contributed by atoms with Crippen LogP contribution in [0.1, 0.15) is 15.9 Å². The number of benzene rings is 3. The van der Waals surface area contributed by atoms with E-state index in [1.807, 2.05) is 12.1 Å². The molecule has 0 aromatic heterocycles. The molecule has 1 saturated heterocycles. The molecule has 0 radical (unpaired) electrons. The summed E-state index contributed by atoms with van der Waals surface area (Å²) >= 11 is 0. The lowest BCUT2D eigenvalue weighted by atomic mass is 10.1.